The average Bonchev–Trinajstić information content (AvgIpc) is 3.06. The predicted octanol–water partition coefficient (Wildman–Crippen LogP) is 4.19. The molecular formula is C18H16ClN3O2. The summed E-state index contributed by atoms with van der Waals surface area (Å²) in [4.78, 5) is 16.7. The molecule has 0 aliphatic rings. The Bertz CT molecular complexity index is 859. The van der Waals surface area contributed by atoms with E-state index in [4.69, 9.17) is 16.1 Å². The van der Waals surface area contributed by atoms with Gasteiger partial charge >= 0.3 is 0 Å². The minimum atomic E-state index is -0.398. The molecule has 0 aliphatic heterocycles. The van der Waals surface area contributed by atoms with Crippen LogP contribution in [-0.4, -0.2) is 16.0 Å². The van der Waals surface area contributed by atoms with E-state index in [0.717, 1.165) is 11.1 Å². The van der Waals surface area contributed by atoms with Gasteiger partial charge in [0, 0.05) is 16.1 Å². The average molecular weight is 342 g/mol. The van der Waals surface area contributed by atoms with Crippen molar-refractivity contribution in [3.8, 4) is 11.4 Å². The Hall–Kier alpha value is -2.66. The second-order valence-electron chi connectivity index (χ2n) is 5.47. The van der Waals surface area contributed by atoms with Crippen LogP contribution in [0.2, 0.25) is 5.02 Å². The van der Waals surface area contributed by atoms with Crippen LogP contribution in [-0.2, 0) is 0 Å². The molecule has 0 radical (unpaired) electrons. The molecule has 0 unspecified atom stereocenters. The summed E-state index contributed by atoms with van der Waals surface area (Å²) in [6.07, 6.45) is 0. The van der Waals surface area contributed by atoms with Gasteiger partial charge in [0.25, 0.3) is 5.91 Å². The maximum Gasteiger partial charge on any atom is 0.252 e. The van der Waals surface area contributed by atoms with E-state index < -0.39 is 6.04 Å². The van der Waals surface area contributed by atoms with Crippen molar-refractivity contribution in [2.45, 2.75) is 19.9 Å². The largest absolute Gasteiger partial charge is 0.341 e. The number of aromatic nitrogens is 2. The maximum absolute atomic E-state index is 12.3. The van der Waals surface area contributed by atoms with E-state index in [0.29, 0.717) is 22.3 Å². The van der Waals surface area contributed by atoms with Crippen LogP contribution in [0.1, 0.15) is 34.8 Å². The van der Waals surface area contributed by atoms with E-state index in [1.54, 1.807) is 25.1 Å². The Labute approximate surface area is 144 Å². The third-order valence-electron chi connectivity index (χ3n) is 3.65. The third-order valence-corrected chi connectivity index (χ3v) is 3.90. The standard InChI is InChI=1S/C18H16ClN3O2/c1-11-5-3-4-6-15(11)17(23)20-12(2)18-21-16(22-24-18)13-7-9-14(19)10-8-13/h3-10,12H,1-2H3,(H,20,23)/t12-/m1/s1. The maximum atomic E-state index is 12.3. The number of amides is 1. The highest BCUT2D eigenvalue weighted by atomic mass is 35.5. The summed E-state index contributed by atoms with van der Waals surface area (Å²) >= 11 is 5.87. The van der Waals surface area contributed by atoms with E-state index in [1.165, 1.54) is 0 Å². The SMILES string of the molecule is Cc1ccccc1C(=O)N[C@H](C)c1nc(-c2ccc(Cl)cc2)no1. The first-order valence-electron chi connectivity index (χ1n) is 7.50. The van der Waals surface area contributed by atoms with Crippen LogP contribution in [0.4, 0.5) is 0 Å². The molecule has 3 rings (SSSR count). The molecule has 1 heterocycles. The number of nitrogens with zero attached hydrogens (tertiary/aromatic N) is 2. The summed E-state index contributed by atoms with van der Waals surface area (Å²) < 4.78 is 5.27. The topological polar surface area (TPSA) is 68.0 Å². The first-order chi connectivity index (χ1) is 11.5. The summed E-state index contributed by atoms with van der Waals surface area (Å²) in [5.74, 6) is 0.632. The molecule has 1 amide bonds. The van der Waals surface area contributed by atoms with E-state index >= 15 is 0 Å². The number of carbonyl (C=O) groups is 1. The smallest absolute Gasteiger partial charge is 0.252 e. The van der Waals surface area contributed by atoms with E-state index in [9.17, 15) is 4.79 Å². The molecule has 0 aliphatic carbocycles. The predicted molar refractivity (Wildman–Crippen MR) is 91.8 cm³/mol. The van der Waals surface area contributed by atoms with Crippen LogP contribution in [0.5, 0.6) is 0 Å². The molecule has 0 fully saturated rings. The summed E-state index contributed by atoms with van der Waals surface area (Å²) in [6, 6.07) is 14.2. The molecule has 1 aromatic heterocycles. The molecule has 2 aromatic carbocycles. The fourth-order valence-corrected chi connectivity index (χ4v) is 2.42. The Morgan fingerprint density at radius 3 is 2.58 bits per heavy atom. The van der Waals surface area contributed by atoms with Gasteiger partial charge in [-0.1, -0.05) is 35.0 Å². The van der Waals surface area contributed by atoms with Crippen molar-refractivity contribution in [3.63, 3.8) is 0 Å². The number of rotatable bonds is 4. The molecule has 0 spiro atoms. The highest BCUT2D eigenvalue weighted by Crippen LogP contribution is 2.21. The zero-order chi connectivity index (χ0) is 17.1. The first kappa shape index (κ1) is 16.2. The quantitative estimate of drug-likeness (QED) is 0.772. The van der Waals surface area contributed by atoms with E-state index in [1.807, 2.05) is 37.3 Å². The van der Waals surface area contributed by atoms with Crippen LogP contribution in [0, 0.1) is 6.92 Å². The molecule has 6 heteroatoms. The summed E-state index contributed by atoms with van der Waals surface area (Å²) in [5, 5.41) is 7.47. The molecule has 1 N–H and O–H groups in total. The zero-order valence-corrected chi connectivity index (χ0v) is 14.0. The lowest BCUT2D eigenvalue weighted by molar-refractivity contribution is 0.0932. The van der Waals surface area contributed by atoms with Gasteiger partial charge in [-0.2, -0.15) is 4.98 Å². The lowest BCUT2D eigenvalue weighted by Crippen LogP contribution is -2.27. The van der Waals surface area contributed by atoms with Gasteiger partial charge in [-0.3, -0.25) is 4.79 Å². The second kappa shape index (κ2) is 6.84. The number of aryl methyl sites for hydroxylation is 1. The number of benzene rings is 2. The summed E-state index contributed by atoms with van der Waals surface area (Å²) in [6.45, 7) is 3.69. The molecule has 0 saturated carbocycles. The van der Waals surface area contributed by atoms with Crippen LogP contribution in [0.25, 0.3) is 11.4 Å². The summed E-state index contributed by atoms with van der Waals surface area (Å²) in [7, 11) is 0. The molecule has 5 nitrogen and oxygen atoms in total. The van der Waals surface area contributed by atoms with E-state index in [-0.39, 0.29) is 5.91 Å². The van der Waals surface area contributed by atoms with Crippen molar-refractivity contribution in [3.05, 3.63) is 70.6 Å². The Kier molecular flexibility index (Phi) is 4.62. The van der Waals surface area contributed by atoms with Crippen molar-refractivity contribution in [1.29, 1.82) is 0 Å². The fourth-order valence-electron chi connectivity index (χ4n) is 2.29. The van der Waals surface area contributed by atoms with Crippen molar-refractivity contribution in [1.82, 2.24) is 15.5 Å². The van der Waals surface area contributed by atoms with Crippen LogP contribution in [0.3, 0.4) is 0 Å². The molecule has 0 bridgehead atoms. The Morgan fingerprint density at radius 2 is 1.88 bits per heavy atom. The minimum Gasteiger partial charge on any atom is -0.341 e. The second-order valence-corrected chi connectivity index (χ2v) is 5.91. The van der Waals surface area contributed by atoms with Gasteiger partial charge in [-0.05, 0) is 49.7 Å². The van der Waals surface area contributed by atoms with Gasteiger partial charge in [0.1, 0.15) is 6.04 Å². The van der Waals surface area contributed by atoms with E-state index in [2.05, 4.69) is 15.5 Å². The van der Waals surface area contributed by atoms with Crippen LogP contribution >= 0.6 is 11.6 Å². The van der Waals surface area contributed by atoms with Crippen LogP contribution < -0.4 is 5.32 Å². The van der Waals surface area contributed by atoms with Gasteiger partial charge in [0.05, 0.1) is 0 Å². The van der Waals surface area contributed by atoms with Crippen LogP contribution in [0.15, 0.2) is 53.1 Å². The lowest BCUT2D eigenvalue weighted by atomic mass is 10.1. The van der Waals surface area contributed by atoms with Crippen molar-refractivity contribution >= 4 is 17.5 Å². The number of hydrogen-bond acceptors (Lipinski definition) is 4. The molecule has 122 valence electrons. The van der Waals surface area contributed by atoms with Gasteiger partial charge in [-0.25, -0.2) is 0 Å². The monoisotopic (exact) mass is 341 g/mol. The minimum absolute atomic E-state index is 0.174. The molecule has 1 atom stereocenters. The normalized spacial score (nSPS) is 12.0. The Balaban J connectivity index is 1.74. The highest BCUT2D eigenvalue weighted by Gasteiger charge is 2.18. The molecule has 0 saturated heterocycles. The van der Waals surface area contributed by atoms with Gasteiger partial charge in [0.15, 0.2) is 0 Å². The van der Waals surface area contributed by atoms with Gasteiger partial charge in [0.2, 0.25) is 11.7 Å². The summed E-state index contributed by atoms with van der Waals surface area (Å²) in [5.41, 5.74) is 2.34. The third kappa shape index (κ3) is 3.46. The molecular weight excluding hydrogens is 326 g/mol. The molecule has 3 aromatic rings. The number of halogens is 1. The van der Waals surface area contributed by atoms with Gasteiger partial charge in [-0.15, -0.1) is 0 Å². The number of hydrogen-bond donors (Lipinski definition) is 1. The van der Waals surface area contributed by atoms with Gasteiger partial charge < -0.3 is 9.84 Å². The number of nitrogens with one attached hydrogen (secondary N) is 1. The number of carbonyl (C=O) groups excluding carboxylic acids is 1. The first-order valence-corrected chi connectivity index (χ1v) is 7.88. The van der Waals surface area contributed by atoms with Crippen molar-refractivity contribution in [2.24, 2.45) is 0 Å². The highest BCUT2D eigenvalue weighted by molar-refractivity contribution is 6.30. The lowest BCUT2D eigenvalue weighted by Gasteiger charge is -2.11. The molecule has 24 heavy (non-hydrogen) atoms. The fraction of sp³-hybridized carbons (Fsp3) is 0.167. The van der Waals surface area contributed by atoms with Crippen molar-refractivity contribution in [2.75, 3.05) is 0 Å². The Morgan fingerprint density at radius 1 is 1.17 bits per heavy atom. The zero-order valence-electron chi connectivity index (χ0n) is 13.3. The van der Waals surface area contributed by atoms with Crippen molar-refractivity contribution < 1.29 is 9.32 Å².